The van der Waals surface area contributed by atoms with Crippen molar-refractivity contribution in [1.82, 2.24) is 0 Å². The lowest BCUT2D eigenvalue weighted by atomic mass is 10.2. The molecule has 14 heavy (non-hydrogen) atoms. The summed E-state index contributed by atoms with van der Waals surface area (Å²) < 4.78 is 0. The molecule has 0 bridgehead atoms. The predicted octanol–water partition coefficient (Wildman–Crippen LogP) is 0.781. The molecule has 0 amide bonds. The number of non-ortho nitro benzene ring substituents is 1. The Labute approximate surface area is 79.4 Å². The van der Waals surface area contributed by atoms with E-state index in [0.29, 0.717) is 5.56 Å². The van der Waals surface area contributed by atoms with E-state index in [1.54, 1.807) is 0 Å². The van der Waals surface area contributed by atoms with E-state index in [1.807, 2.05) is 0 Å². The van der Waals surface area contributed by atoms with Crippen LogP contribution in [0.4, 0.5) is 5.69 Å². The van der Waals surface area contributed by atoms with Crippen molar-refractivity contribution in [1.29, 1.82) is 5.26 Å². The predicted molar refractivity (Wildman–Crippen MR) is 49.4 cm³/mol. The maximum Gasteiger partial charge on any atom is 0.269 e. The zero-order valence-electron chi connectivity index (χ0n) is 7.04. The highest BCUT2D eigenvalue weighted by atomic mass is 16.6. The third-order valence-electron chi connectivity index (χ3n) is 1.54. The van der Waals surface area contributed by atoms with Crippen LogP contribution in [-0.2, 0) is 0 Å². The molecule has 6 nitrogen and oxygen atoms in total. The summed E-state index contributed by atoms with van der Waals surface area (Å²) in [5.74, 6) is 0.0439. The molecule has 70 valence electrons. The molecule has 1 aromatic carbocycles. The van der Waals surface area contributed by atoms with Crippen molar-refractivity contribution in [2.45, 2.75) is 0 Å². The zero-order valence-corrected chi connectivity index (χ0v) is 7.04. The van der Waals surface area contributed by atoms with Gasteiger partial charge in [0.2, 0.25) is 6.19 Å². The summed E-state index contributed by atoms with van der Waals surface area (Å²) in [6.07, 6.45) is 1.53. The van der Waals surface area contributed by atoms with E-state index in [4.69, 9.17) is 11.0 Å². The standard InChI is InChI=1S/C8H6N4O2/c9-5-11-8(10)6-1-3-7(4-2-6)12(13)14/h1-4H,(H2,10,11). The topological polar surface area (TPSA) is 105 Å². The van der Waals surface area contributed by atoms with E-state index in [1.165, 1.54) is 30.5 Å². The van der Waals surface area contributed by atoms with E-state index >= 15 is 0 Å². The third kappa shape index (κ3) is 2.04. The first kappa shape index (κ1) is 9.67. The first-order valence-corrected chi connectivity index (χ1v) is 3.62. The van der Waals surface area contributed by atoms with Crippen molar-refractivity contribution in [3.8, 4) is 6.19 Å². The van der Waals surface area contributed by atoms with E-state index in [0.717, 1.165) is 0 Å². The lowest BCUT2D eigenvalue weighted by Crippen LogP contribution is -2.12. The highest BCUT2D eigenvalue weighted by Gasteiger charge is 2.05. The van der Waals surface area contributed by atoms with Gasteiger partial charge >= 0.3 is 0 Å². The average Bonchev–Trinajstić information content (AvgIpc) is 2.18. The Morgan fingerprint density at radius 1 is 1.50 bits per heavy atom. The van der Waals surface area contributed by atoms with Crippen LogP contribution in [0.1, 0.15) is 5.56 Å². The summed E-state index contributed by atoms with van der Waals surface area (Å²) in [5, 5.41) is 18.5. The number of nitrogens with zero attached hydrogens (tertiary/aromatic N) is 3. The molecule has 0 aromatic heterocycles. The van der Waals surface area contributed by atoms with Crippen LogP contribution < -0.4 is 5.73 Å². The normalized spacial score (nSPS) is 10.6. The summed E-state index contributed by atoms with van der Waals surface area (Å²) in [5.41, 5.74) is 5.84. The Hall–Kier alpha value is -2.42. The summed E-state index contributed by atoms with van der Waals surface area (Å²) in [7, 11) is 0. The van der Waals surface area contributed by atoms with Crippen LogP contribution in [0.3, 0.4) is 0 Å². The molecule has 0 heterocycles. The van der Waals surface area contributed by atoms with Crippen molar-refractivity contribution >= 4 is 11.5 Å². The van der Waals surface area contributed by atoms with E-state index in [9.17, 15) is 10.1 Å². The fraction of sp³-hybridized carbons (Fsp3) is 0. The molecule has 0 saturated carbocycles. The molecule has 6 heteroatoms. The van der Waals surface area contributed by atoms with Gasteiger partial charge in [-0.25, -0.2) is 0 Å². The number of amidine groups is 1. The first-order chi connectivity index (χ1) is 6.65. The van der Waals surface area contributed by atoms with Crippen LogP contribution in [0.15, 0.2) is 29.3 Å². The number of nitrogens with two attached hydrogens (primary N) is 1. The molecule has 0 aliphatic heterocycles. The maximum absolute atomic E-state index is 10.3. The minimum absolute atomic E-state index is 0.0292. The van der Waals surface area contributed by atoms with Gasteiger partial charge in [-0.2, -0.15) is 10.3 Å². The van der Waals surface area contributed by atoms with Crippen LogP contribution in [-0.4, -0.2) is 10.8 Å². The minimum atomic E-state index is -0.512. The number of hydrogen-bond donors (Lipinski definition) is 1. The highest BCUT2D eigenvalue weighted by molar-refractivity contribution is 5.98. The van der Waals surface area contributed by atoms with Gasteiger partial charge in [0.15, 0.2) is 0 Å². The number of benzene rings is 1. The lowest BCUT2D eigenvalue weighted by Gasteiger charge is -1.96. The van der Waals surface area contributed by atoms with Gasteiger partial charge in [-0.05, 0) is 12.1 Å². The number of aliphatic imine (C=N–C) groups is 1. The second-order valence-electron chi connectivity index (χ2n) is 2.40. The molecule has 0 aliphatic rings. The van der Waals surface area contributed by atoms with Gasteiger partial charge in [0.05, 0.1) is 4.92 Å². The fourth-order valence-electron chi connectivity index (χ4n) is 0.872. The second kappa shape index (κ2) is 4.00. The van der Waals surface area contributed by atoms with Crippen molar-refractivity contribution < 1.29 is 4.92 Å². The molecule has 0 unspecified atom stereocenters. The average molecular weight is 190 g/mol. The number of nitriles is 1. The Morgan fingerprint density at radius 3 is 2.50 bits per heavy atom. The minimum Gasteiger partial charge on any atom is -0.383 e. The number of hydrogen-bond acceptors (Lipinski definition) is 4. The SMILES string of the molecule is N#CN=C(N)c1ccc([N+](=O)[O-])cc1. The summed E-state index contributed by atoms with van der Waals surface area (Å²) in [6, 6.07) is 5.48. The number of nitro benzene ring substituents is 1. The Bertz CT molecular complexity index is 416. The molecular weight excluding hydrogens is 184 g/mol. The largest absolute Gasteiger partial charge is 0.383 e. The zero-order chi connectivity index (χ0) is 10.6. The van der Waals surface area contributed by atoms with Gasteiger partial charge in [-0.1, -0.05) is 0 Å². The van der Waals surface area contributed by atoms with Crippen LogP contribution in [0.2, 0.25) is 0 Å². The quantitative estimate of drug-likeness (QED) is 0.244. The molecule has 2 N–H and O–H groups in total. The van der Waals surface area contributed by atoms with E-state index in [-0.39, 0.29) is 11.5 Å². The van der Waals surface area contributed by atoms with Gasteiger partial charge in [-0.15, -0.1) is 0 Å². The van der Waals surface area contributed by atoms with Crippen LogP contribution in [0, 0.1) is 21.6 Å². The van der Waals surface area contributed by atoms with Crippen LogP contribution >= 0.6 is 0 Å². The van der Waals surface area contributed by atoms with E-state index < -0.39 is 4.92 Å². The van der Waals surface area contributed by atoms with Crippen molar-refractivity contribution in [3.63, 3.8) is 0 Å². The summed E-state index contributed by atoms with van der Waals surface area (Å²) in [6.45, 7) is 0. The molecular formula is C8H6N4O2. The molecule has 0 radical (unpaired) electrons. The molecule has 0 atom stereocenters. The monoisotopic (exact) mass is 190 g/mol. The van der Waals surface area contributed by atoms with Gasteiger partial charge in [0, 0.05) is 17.7 Å². The molecule has 0 saturated heterocycles. The molecule has 1 rings (SSSR count). The molecule has 0 spiro atoms. The van der Waals surface area contributed by atoms with Crippen molar-refractivity contribution in [2.24, 2.45) is 10.7 Å². The van der Waals surface area contributed by atoms with Gasteiger partial charge in [0.1, 0.15) is 5.84 Å². The Morgan fingerprint density at radius 2 is 2.07 bits per heavy atom. The van der Waals surface area contributed by atoms with Crippen molar-refractivity contribution in [2.75, 3.05) is 0 Å². The summed E-state index contributed by atoms with van der Waals surface area (Å²) >= 11 is 0. The molecule has 1 aromatic rings. The van der Waals surface area contributed by atoms with Crippen LogP contribution in [0.5, 0.6) is 0 Å². The van der Waals surface area contributed by atoms with Gasteiger partial charge < -0.3 is 5.73 Å². The van der Waals surface area contributed by atoms with Gasteiger partial charge in [-0.3, -0.25) is 10.1 Å². The highest BCUT2D eigenvalue weighted by Crippen LogP contribution is 2.11. The third-order valence-corrected chi connectivity index (χ3v) is 1.54. The van der Waals surface area contributed by atoms with E-state index in [2.05, 4.69) is 4.99 Å². The second-order valence-corrected chi connectivity index (χ2v) is 2.40. The number of rotatable bonds is 2. The lowest BCUT2D eigenvalue weighted by molar-refractivity contribution is -0.384. The number of nitro groups is 1. The van der Waals surface area contributed by atoms with Crippen LogP contribution in [0.25, 0.3) is 0 Å². The summed E-state index contributed by atoms with van der Waals surface area (Å²) in [4.78, 5) is 13.1. The smallest absolute Gasteiger partial charge is 0.269 e. The molecule has 0 fully saturated rings. The Balaban J connectivity index is 3.01. The fourth-order valence-corrected chi connectivity index (χ4v) is 0.872. The van der Waals surface area contributed by atoms with Gasteiger partial charge in [0.25, 0.3) is 5.69 Å². The molecule has 0 aliphatic carbocycles. The first-order valence-electron chi connectivity index (χ1n) is 3.62. The van der Waals surface area contributed by atoms with Crippen molar-refractivity contribution in [3.05, 3.63) is 39.9 Å². The maximum atomic E-state index is 10.3. The Kier molecular flexibility index (Phi) is 2.76.